The minimum absolute atomic E-state index is 0.0998. The monoisotopic (exact) mass is 403 g/mol. The molecule has 0 saturated carbocycles. The number of non-ortho nitro benzene ring substituents is 1. The van der Waals surface area contributed by atoms with Crippen LogP contribution in [0.15, 0.2) is 48.5 Å². The highest BCUT2D eigenvalue weighted by molar-refractivity contribution is 5.96. The number of carbonyl (C=O) groups excluding carboxylic acids is 2. The van der Waals surface area contributed by atoms with Crippen LogP contribution in [-0.2, 0) is 16.1 Å². The lowest BCUT2D eigenvalue weighted by molar-refractivity contribution is -0.384. The van der Waals surface area contributed by atoms with Crippen molar-refractivity contribution >= 4 is 29.5 Å². The number of hydrogen-bond acceptors (Lipinski definition) is 7. The van der Waals surface area contributed by atoms with Crippen molar-refractivity contribution in [3.05, 3.63) is 64.2 Å². The summed E-state index contributed by atoms with van der Waals surface area (Å²) >= 11 is 0. The Morgan fingerprint density at radius 2 is 1.72 bits per heavy atom. The molecule has 2 aromatic carbocycles. The van der Waals surface area contributed by atoms with Crippen LogP contribution < -0.4 is 15.4 Å². The van der Waals surface area contributed by atoms with E-state index in [1.165, 1.54) is 31.2 Å². The zero-order valence-corrected chi connectivity index (χ0v) is 15.2. The third-order valence-corrected chi connectivity index (χ3v) is 3.56. The molecule has 11 nitrogen and oxygen atoms in total. The molecule has 0 saturated heterocycles. The van der Waals surface area contributed by atoms with Gasteiger partial charge >= 0.3 is 12.2 Å². The third-order valence-electron chi connectivity index (χ3n) is 3.56. The molecule has 0 fully saturated rings. The Balaban J connectivity index is 1.82. The van der Waals surface area contributed by atoms with Crippen LogP contribution in [0.3, 0.4) is 0 Å². The predicted molar refractivity (Wildman–Crippen MR) is 99.6 cm³/mol. The molecule has 2 amide bonds. The molecule has 0 spiro atoms. The molecular formula is C18H17N3O8. The molecular weight excluding hydrogens is 386 g/mol. The molecule has 3 N–H and O–H groups in total. The lowest BCUT2D eigenvalue weighted by atomic mass is 10.2. The van der Waals surface area contributed by atoms with Crippen molar-refractivity contribution in [3.63, 3.8) is 0 Å². The molecule has 0 aliphatic rings. The highest BCUT2D eigenvalue weighted by Gasteiger charge is 2.15. The molecule has 29 heavy (non-hydrogen) atoms. The van der Waals surface area contributed by atoms with Crippen LogP contribution in [0.4, 0.5) is 21.0 Å². The van der Waals surface area contributed by atoms with Crippen LogP contribution in [0.2, 0.25) is 0 Å². The standard InChI is InChI=1S/C18H17N3O8/c1-11(19-17(23)24)16(22)20-13-4-2-12(3-5-13)10-28-18(25)29-15-8-6-14(7-9-15)21(26)27/h2-9,11,19H,10H2,1H3,(H,20,22)(H,23,24). The number of ether oxygens (including phenoxy) is 2. The van der Waals surface area contributed by atoms with Gasteiger partial charge in [0.1, 0.15) is 18.4 Å². The molecule has 152 valence electrons. The minimum atomic E-state index is -1.30. The lowest BCUT2D eigenvalue weighted by Gasteiger charge is -2.12. The zero-order chi connectivity index (χ0) is 21.4. The number of nitro benzene ring substituents is 1. The molecule has 1 unspecified atom stereocenters. The summed E-state index contributed by atoms with van der Waals surface area (Å²) in [4.78, 5) is 44.0. The van der Waals surface area contributed by atoms with E-state index >= 15 is 0 Å². The lowest BCUT2D eigenvalue weighted by Crippen LogP contribution is -2.40. The normalized spacial score (nSPS) is 11.1. The first-order valence-electron chi connectivity index (χ1n) is 8.23. The molecule has 0 radical (unpaired) electrons. The summed E-state index contributed by atoms with van der Waals surface area (Å²) in [5, 5.41) is 23.7. The first-order chi connectivity index (χ1) is 13.7. The molecule has 11 heteroatoms. The van der Waals surface area contributed by atoms with Crippen molar-refractivity contribution in [1.29, 1.82) is 0 Å². The van der Waals surface area contributed by atoms with E-state index in [1.807, 2.05) is 5.32 Å². The van der Waals surface area contributed by atoms with Gasteiger partial charge < -0.3 is 25.2 Å². The van der Waals surface area contributed by atoms with Gasteiger partial charge in [0.05, 0.1) is 4.92 Å². The fourth-order valence-electron chi connectivity index (χ4n) is 2.09. The Kier molecular flexibility index (Phi) is 7.07. The maximum absolute atomic E-state index is 11.8. The fraction of sp³-hybridized carbons (Fsp3) is 0.167. The summed E-state index contributed by atoms with van der Waals surface area (Å²) in [6, 6.07) is 10.3. The van der Waals surface area contributed by atoms with Crippen LogP contribution in [0.5, 0.6) is 5.75 Å². The van der Waals surface area contributed by atoms with Crippen LogP contribution in [0, 0.1) is 10.1 Å². The number of hydrogen-bond donors (Lipinski definition) is 3. The van der Waals surface area contributed by atoms with Crippen LogP contribution >= 0.6 is 0 Å². The number of nitro groups is 1. The molecule has 0 bridgehead atoms. The topological polar surface area (TPSA) is 157 Å². The number of carboxylic acid groups (broad SMARTS) is 1. The van der Waals surface area contributed by atoms with Gasteiger partial charge in [0.2, 0.25) is 5.91 Å². The highest BCUT2D eigenvalue weighted by Crippen LogP contribution is 2.18. The van der Waals surface area contributed by atoms with Crippen LogP contribution in [0.25, 0.3) is 0 Å². The number of amides is 2. The Morgan fingerprint density at radius 1 is 1.10 bits per heavy atom. The van der Waals surface area contributed by atoms with Gasteiger partial charge in [-0.3, -0.25) is 14.9 Å². The van der Waals surface area contributed by atoms with E-state index in [4.69, 9.17) is 14.6 Å². The second-order valence-corrected chi connectivity index (χ2v) is 5.75. The number of anilines is 1. The van der Waals surface area contributed by atoms with E-state index in [0.717, 1.165) is 0 Å². The summed E-state index contributed by atoms with van der Waals surface area (Å²) in [5.41, 5.74) is 0.914. The quantitative estimate of drug-likeness (QED) is 0.276. The molecule has 0 aliphatic carbocycles. The molecule has 2 rings (SSSR count). The summed E-state index contributed by atoms with van der Waals surface area (Å²) in [7, 11) is 0. The van der Waals surface area contributed by atoms with Crippen LogP contribution in [0.1, 0.15) is 12.5 Å². The van der Waals surface area contributed by atoms with E-state index in [-0.39, 0.29) is 18.0 Å². The Morgan fingerprint density at radius 3 is 2.28 bits per heavy atom. The van der Waals surface area contributed by atoms with Crippen LogP contribution in [-0.4, -0.2) is 34.2 Å². The smallest absolute Gasteiger partial charge is 0.465 e. The van der Waals surface area contributed by atoms with E-state index in [2.05, 4.69) is 5.32 Å². The van der Waals surface area contributed by atoms with E-state index in [1.54, 1.807) is 24.3 Å². The van der Waals surface area contributed by atoms with Gasteiger partial charge in [-0.2, -0.15) is 0 Å². The van der Waals surface area contributed by atoms with E-state index < -0.39 is 29.1 Å². The maximum Gasteiger partial charge on any atom is 0.514 e. The van der Waals surface area contributed by atoms with Gasteiger partial charge in [-0.1, -0.05) is 12.1 Å². The van der Waals surface area contributed by atoms with Crippen molar-refractivity contribution in [2.45, 2.75) is 19.6 Å². The zero-order valence-electron chi connectivity index (χ0n) is 15.2. The van der Waals surface area contributed by atoms with E-state index in [0.29, 0.717) is 11.3 Å². The molecule has 0 heterocycles. The van der Waals surface area contributed by atoms with Crippen molar-refractivity contribution in [3.8, 4) is 5.75 Å². The first-order valence-corrected chi connectivity index (χ1v) is 8.23. The van der Waals surface area contributed by atoms with Crippen molar-refractivity contribution in [2.75, 3.05) is 5.32 Å². The average molecular weight is 403 g/mol. The van der Waals surface area contributed by atoms with Gasteiger partial charge in [0.25, 0.3) is 5.69 Å². The molecule has 2 aromatic rings. The summed E-state index contributed by atoms with van der Waals surface area (Å²) in [5.74, 6) is -0.425. The fourth-order valence-corrected chi connectivity index (χ4v) is 2.09. The van der Waals surface area contributed by atoms with Gasteiger partial charge in [-0.25, -0.2) is 9.59 Å². The van der Waals surface area contributed by atoms with Crippen molar-refractivity contribution in [2.24, 2.45) is 0 Å². The average Bonchev–Trinajstić information content (AvgIpc) is 2.67. The number of nitrogens with zero attached hydrogens (tertiary/aromatic N) is 1. The Labute approximate surface area is 164 Å². The minimum Gasteiger partial charge on any atom is -0.465 e. The third kappa shape index (κ3) is 6.82. The summed E-state index contributed by atoms with van der Waals surface area (Å²) in [6.07, 6.45) is -2.29. The maximum atomic E-state index is 11.8. The highest BCUT2D eigenvalue weighted by atomic mass is 16.7. The Hall–Kier alpha value is -4.15. The number of carbonyl (C=O) groups is 3. The first kappa shape index (κ1) is 21.2. The van der Waals surface area contributed by atoms with Gasteiger partial charge in [-0.05, 0) is 36.8 Å². The number of rotatable bonds is 7. The number of benzene rings is 2. The van der Waals surface area contributed by atoms with E-state index in [9.17, 15) is 24.5 Å². The van der Waals surface area contributed by atoms with Gasteiger partial charge in [0.15, 0.2) is 0 Å². The largest absolute Gasteiger partial charge is 0.514 e. The SMILES string of the molecule is CC(NC(=O)O)C(=O)Nc1ccc(COC(=O)Oc2ccc([N+](=O)[O-])cc2)cc1. The second kappa shape index (κ2) is 9.69. The summed E-state index contributed by atoms with van der Waals surface area (Å²) in [6.45, 7) is 1.30. The Bertz CT molecular complexity index is 896. The molecule has 0 aliphatic heterocycles. The van der Waals surface area contributed by atoms with Crippen molar-refractivity contribution in [1.82, 2.24) is 5.32 Å². The summed E-state index contributed by atoms with van der Waals surface area (Å²) < 4.78 is 9.86. The van der Waals surface area contributed by atoms with Gasteiger partial charge in [0, 0.05) is 17.8 Å². The molecule has 0 aromatic heterocycles. The van der Waals surface area contributed by atoms with Crippen molar-refractivity contribution < 1.29 is 33.9 Å². The van der Waals surface area contributed by atoms with Gasteiger partial charge in [-0.15, -0.1) is 0 Å². The number of nitrogens with one attached hydrogen (secondary N) is 2. The molecule has 1 atom stereocenters. The predicted octanol–water partition coefficient (Wildman–Crippen LogP) is 2.91. The second-order valence-electron chi connectivity index (χ2n) is 5.75.